The number of carbonyl (C=O) groups is 1. The molecule has 0 aliphatic rings. The van der Waals surface area contributed by atoms with Gasteiger partial charge in [0.05, 0.1) is 12.8 Å². The van der Waals surface area contributed by atoms with Gasteiger partial charge in [0, 0.05) is 26.8 Å². The van der Waals surface area contributed by atoms with Crippen molar-refractivity contribution in [2.24, 2.45) is 7.05 Å². The molecular weight excluding hydrogens is 272 g/mol. The molecule has 0 bridgehead atoms. The van der Waals surface area contributed by atoms with Crippen LogP contribution < -0.4 is 10.5 Å². The van der Waals surface area contributed by atoms with Gasteiger partial charge in [-0.15, -0.1) is 0 Å². The molecule has 0 aliphatic heterocycles. The summed E-state index contributed by atoms with van der Waals surface area (Å²) in [6, 6.07) is 4.94. The number of phenols is 1. The van der Waals surface area contributed by atoms with Crippen LogP contribution in [0.5, 0.6) is 11.5 Å². The first-order valence-corrected chi connectivity index (χ1v) is 6.33. The van der Waals surface area contributed by atoms with E-state index in [-0.39, 0.29) is 17.4 Å². The lowest BCUT2D eigenvalue weighted by molar-refractivity contribution is 0.0779. The van der Waals surface area contributed by atoms with Gasteiger partial charge in [-0.25, -0.2) is 0 Å². The van der Waals surface area contributed by atoms with Gasteiger partial charge in [-0.05, 0) is 17.7 Å². The molecule has 1 aromatic carbocycles. The molecule has 0 unspecified atom stereocenters. The van der Waals surface area contributed by atoms with Crippen LogP contribution in [0.4, 0.5) is 5.69 Å². The van der Waals surface area contributed by atoms with Crippen molar-refractivity contribution in [2.75, 3.05) is 19.9 Å². The summed E-state index contributed by atoms with van der Waals surface area (Å²) in [4.78, 5) is 13.8. The molecule has 0 radical (unpaired) electrons. The fourth-order valence-corrected chi connectivity index (χ4v) is 2.02. The topological polar surface area (TPSA) is 93.6 Å². The second-order valence-electron chi connectivity index (χ2n) is 4.77. The van der Waals surface area contributed by atoms with E-state index in [0.29, 0.717) is 18.0 Å². The smallest absolute Gasteiger partial charge is 0.276 e. The van der Waals surface area contributed by atoms with Crippen molar-refractivity contribution in [3.8, 4) is 11.5 Å². The van der Waals surface area contributed by atoms with E-state index in [1.807, 2.05) is 0 Å². The van der Waals surface area contributed by atoms with Crippen LogP contribution in [0.1, 0.15) is 16.1 Å². The van der Waals surface area contributed by atoms with E-state index < -0.39 is 0 Å². The number of carbonyl (C=O) groups excluding carboxylic acids is 1. The van der Waals surface area contributed by atoms with E-state index in [2.05, 4.69) is 5.10 Å². The van der Waals surface area contributed by atoms with Crippen LogP contribution in [-0.4, -0.2) is 39.9 Å². The van der Waals surface area contributed by atoms with Gasteiger partial charge in [-0.3, -0.25) is 9.48 Å². The lowest BCUT2D eigenvalue weighted by Gasteiger charge is -2.17. The van der Waals surface area contributed by atoms with Crippen LogP contribution in [-0.2, 0) is 13.6 Å². The van der Waals surface area contributed by atoms with Gasteiger partial charge in [-0.2, -0.15) is 5.10 Å². The number of methoxy groups -OCH3 is 1. The number of benzene rings is 1. The minimum absolute atomic E-state index is 0.0594. The molecule has 1 aromatic heterocycles. The quantitative estimate of drug-likeness (QED) is 0.875. The molecule has 3 N–H and O–H groups in total. The molecule has 7 nitrogen and oxygen atoms in total. The van der Waals surface area contributed by atoms with Gasteiger partial charge in [0.15, 0.2) is 17.2 Å². The average molecular weight is 290 g/mol. The maximum absolute atomic E-state index is 12.3. The molecular formula is C14H18N4O3. The lowest BCUT2D eigenvalue weighted by Crippen LogP contribution is -2.27. The van der Waals surface area contributed by atoms with E-state index in [1.54, 1.807) is 32.4 Å². The Labute approximate surface area is 122 Å². The number of aromatic nitrogens is 2. The zero-order chi connectivity index (χ0) is 15.6. The minimum atomic E-state index is -0.264. The molecule has 0 saturated carbocycles. The van der Waals surface area contributed by atoms with Crippen LogP contribution in [0.2, 0.25) is 0 Å². The van der Waals surface area contributed by atoms with Crippen molar-refractivity contribution in [1.29, 1.82) is 0 Å². The van der Waals surface area contributed by atoms with Gasteiger partial charge < -0.3 is 20.5 Å². The first kappa shape index (κ1) is 14.7. The number of hydrogen-bond donors (Lipinski definition) is 2. The van der Waals surface area contributed by atoms with Gasteiger partial charge in [0.25, 0.3) is 5.91 Å². The van der Waals surface area contributed by atoms with Crippen LogP contribution in [0.3, 0.4) is 0 Å². The molecule has 0 saturated heterocycles. The summed E-state index contributed by atoms with van der Waals surface area (Å²) in [6.45, 7) is 0.353. The predicted octanol–water partition coefficient (Wildman–Crippen LogP) is 0.989. The summed E-state index contributed by atoms with van der Waals surface area (Å²) in [5.41, 5.74) is 7.16. The maximum Gasteiger partial charge on any atom is 0.276 e. The summed E-state index contributed by atoms with van der Waals surface area (Å²) >= 11 is 0. The number of nitrogens with two attached hydrogens (primary N) is 1. The summed E-state index contributed by atoms with van der Waals surface area (Å²) in [5, 5.41) is 13.6. The number of hydrogen-bond acceptors (Lipinski definition) is 5. The average Bonchev–Trinajstić information content (AvgIpc) is 2.78. The molecule has 21 heavy (non-hydrogen) atoms. The van der Waals surface area contributed by atoms with Crippen molar-refractivity contribution in [3.63, 3.8) is 0 Å². The Kier molecular flexibility index (Phi) is 4.02. The number of phenolic OH excluding ortho intramolecular Hbond substituents is 1. The Morgan fingerprint density at radius 3 is 2.81 bits per heavy atom. The third-order valence-electron chi connectivity index (χ3n) is 3.07. The van der Waals surface area contributed by atoms with Crippen LogP contribution in [0, 0.1) is 0 Å². The van der Waals surface area contributed by atoms with E-state index in [4.69, 9.17) is 10.5 Å². The van der Waals surface area contributed by atoms with Crippen molar-refractivity contribution < 1.29 is 14.6 Å². The van der Waals surface area contributed by atoms with Gasteiger partial charge >= 0.3 is 0 Å². The van der Waals surface area contributed by atoms with E-state index >= 15 is 0 Å². The van der Waals surface area contributed by atoms with Gasteiger partial charge in [0.2, 0.25) is 0 Å². The molecule has 2 rings (SSSR count). The van der Waals surface area contributed by atoms with Crippen molar-refractivity contribution in [1.82, 2.24) is 14.7 Å². The maximum atomic E-state index is 12.3. The molecule has 2 aromatic rings. The minimum Gasteiger partial charge on any atom is -0.504 e. The van der Waals surface area contributed by atoms with E-state index in [0.717, 1.165) is 5.56 Å². The highest BCUT2D eigenvalue weighted by Crippen LogP contribution is 2.26. The summed E-state index contributed by atoms with van der Waals surface area (Å²) < 4.78 is 6.55. The van der Waals surface area contributed by atoms with Crippen LogP contribution in [0.25, 0.3) is 0 Å². The summed E-state index contributed by atoms with van der Waals surface area (Å²) in [7, 11) is 4.84. The molecule has 7 heteroatoms. The number of amides is 1. The van der Waals surface area contributed by atoms with E-state index in [9.17, 15) is 9.90 Å². The van der Waals surface area contributed by atoms with E-state index in [1.165, 1.54) is 22.8 Å². The lowest BCUT2D eigenvalue weighted by atomic mass is 10.2. The predicted molar refractivity (Wildman–Crippen MR) is 78.1 cm³/mol. The van der Waals surface area contributed by atoms with Crippen molar-refractivity contribution in [2.45, 2.75) is 6.54 Å². The Bertz CT molecular complexity index is 666. The highest BCUT2D eigenvalue weighted by molar-refractivity contribution is 5.96. The zero-order valence-electron chi connectivity index (χ0n) is 12.2. The second kappa shape index (κ2) is 5.74. The highest BCUT2D eigenvalue weighted by atomic mass is 16.5. The third-order valence-corrected chi connectivity index (χ3v) is 3.07. The Balaban J connectivity index is 2.16. The summed E-state index contributed by atoms with van der Waals surface area (Å²) in [6.07, 6.45) is 1.59. The molecule has 1 heterocycles. The van der Waals surface area contributed by atoms with Gasteiger partial charge in [-0.1, -0.05) is 6.07 Å². The molecule has 1 amide bonds. The van der Waals surface area contributed by atoms with Crippen molar-refractivity contribution in [3.05, 3.63) is 35.7 Å². The highest BCUT2D eigenvalue weighted by Gasteiger charge is 2.18. The molecule has 0 fully saturated rings. The first-order chi connectivity index (χ1) is 9.92. The number of nitrogen functional groups attached to an aromatic ring is 1. The SMILES string of the molecule is COc1cc(CN(C)C(=O)c2nn(C)cc2N)ccc1O. The van der Waals surface area contributed by atoms with Crippen molar-refractivity contribution >= 4 is 11.6 Å². The van der Waals surface area contributed by atoms with Crippen LogP contribution >= 0.6 is 0 Å². The number of rotatable bonds is 4. The number of nitrogens with zero attached hydrogens (tertiary/aromatic N) is 3. The third kappa shape index (κ3) is 3.07. The fourth-order valence-electron chi connectivity index (χ4n) is 2.02. The number of aryl methyl sites for hydroxylation is 1. The molecule has 0 spiro atoms. The van der Waals surface area contributed by atoms with Crippen LogP contribution in [0.15, 0.2) is 24.4 Å². The normalized spacial score (nSPS) is 10.4. The second-order valence-corrected chi connectivity index (χ2v) is 4.77. The largest absolute Gasteiger partial charge is 0.504 e. The molecule has 0 aliphatic carbocycles. The fraction of sp³-hybridized carbons (Fsp3) is 0.286. The Morgan fingerprint density at radius 2 is 2.24 bits per heavy atom. The molecule has 0 atom stereocenters. The zero-order valence-corrected chi connectivity index (χ0v) is 12.2. The van der Waals surface area contributed by atoms with Gasteiger partial charge in [0.1, 0.15) is 0 Å². The Morgan fingerprint density at radius 1 is 1.52 bits per heavy atom. The first-order valence-electron chi connectivity index (χ1n) is 6.33. The number of anilines is 1. The number of aromatic hydroxyl groups is 1. The standard InChI is InChI=1S/C14H18N4O3/c1-17(14(20)13-10(15)8-18(2)16-13)7-9-4-5-11(19)12(6-9)21-3/h4-6,8,19H,7,15H2,1-3H3. The Hall–Kier alpha value is -2.70. The molecule has 112 valence electrons. The monoisotopic (exact) mass is 290 g/mol. The number of ether oxygens (including phenoxy) is 1. The summed E-state index contributed by atoms with van der Waals surface area (Å²) in [5.74, 6) is 0.162.